The number of ether oxygens (including phenoxy) is 3. The molecule has 640 valence electrons. The van der Waals surface area contributed by atoms with Crippen molar-refractivity contribution in [2.24, 2.45) is 0 Å². The minimum absolute atomic E-state index is 0.0895. The lowest BCUT2D eigenvalue weighted by Crippen LogP contribution is -2.30. The van der Waals surface area contributed by atoms with Crippen molar-refractivity contribution in [1.29, 1.82) is 0 Å². The Balaban J connectivity index is 4.44. The molecule has 0 aliphatic rings. The van der Waals surface area contributed by atoms with Crippen LogP contribution in [0.15, 0.2) is 134 Å². The first-order chi connectivity index (χ1) is 54.2. The third kappa shape index (κ3) is 86.4. The SMILES string of the molecule is CC/C=C\C/C=C\C/C=C\C/C=C\C/C=C\C/C=C\CCCCCCCCC(=O)OCC(COP(=O)(O)OCC(O)COP(=O)(O)OCC(O)COC(=O)CCCCCCCCCCCCCCCCCCCCC/C=C\C/C=C\C/C=C\C/C=C\CCCCC)OC(=O)CCCCCCC/C=C\CCCCCCCC. The molecule has 0 aromatic heterocycles. The molecule has 5 unspecified atom stereocenters. The molecule has 0 rings (SSSR count). The predicted molar refractivity (Wildman–Crippen MR) is 463 cm³/mol. The number of phosphoric acid groups is 2. The molecule has 4 N–H and O–H groups in total. The number of carbonyl (C=O) groups excluding carboxylic acids is 3. The molecule has 0 aromatic rings. The second kappa shape index (κ2) is 85.1. The van der Waals surface area contributed by atoms with E-state index in [0.29, 0.717) is 19.3 Å². The fourth-order valence-corrected chi connectivity index (χ4v) is 13.7. The van der Waals surface area contributed by atoms with E-state index in [9.17, 15) is 43.5 Å². The van der Waals surface area contributed by atoms with Crippen LogP contribution in [0, 0.1) is 0 Å². The monoisotopic (exact) mass is 1600 g/mol. The van der Waals surface area contributed by atoms with Crippen LogP contribution < -0.4 is 0 Å². The molecule has 0 aromatic carbocycles. The zero-order valence-corrected chi connectivity index (χ0v) is 72.1. The van der Waals surface area contributed by atoms with Crippen molar-refractivity contribution in [3.8, 4) is 0 Å². The highest BCUT2D eigenvalue weighted by atomic mass is 31.2. The van der Waals surface area contributed by atoms with Crippen LogP contribution in [-0.2, 0) is 55.8 Å². The van der Waals surface area contributed by atoms with Crippen LogP contribution in [0.1, 0.15) is 380 Å². The molecule has 0 bridgehead atoms. The van der Waals surface area contributed by atoms with E-state index >= 15 is 0 Å². The fourth-order valence-electron chi connectivity index (χ4n) is 12.1. The van der Waals surface area contributed by atoms with Crippen molar-refractivity contribution < 1.29 is 75.8 Å². The minimum Gasteiger partial charge on any atom is -0.463 e. The number of rotatable bonds is 84. The summed E-state index contributed by atoms with van der Waals surface area (Å²) in [6.07, 6.45) is 105. The second-order valence-corrected chi connectivity index (χ2v) is 32.6. The zero-order valence-electron chi connectivity index (χ0n) is 70.4. The number of hydrogen-bond acceptors (Lipinski definition) is 14. The van der Waals surface area contributed by atoms with E-state index < -0.39 is 91.5 Å². The number of unbranched alkanes of at least 4 members (excludes halogenated alkanes) is 39. The molecule has 0 aliphatic heterocycles. The summed E-state index contributed by atoms with van der Waals surface area (Å²) in [5, 5.41) is 20.7. The summed E-state index contributed by atoms with van der Waals surface area (Å²) in [5.41, 5.74) is 0. The molecule has 0 fully saturated rings. The van der Waals surface area contributed by atoms with Gasteiger partial charge in [-0.2, -0.15) is 0 Å². The van der Waals surface area contributed by atoms with Gasteiger partial charge in [0, 0.05) is 19.3 Å². The quantitative estimate of drug-likeness (QED) is 0.0146. The fraction of sp³-hybridized carbons (Fsp3) is 0.731. The van der Waals surface area contributed by atoms with Crippen molar-refractivity contribution in [2.75, 3.05) is 39.6 Å². The lowest BCUT2D eigenvalue weighted by molar-refractivity contribution is -0.161. The number of carbonyl (C=O) groups is 3. The van der Waals surface area contributed by atoms with Crippen molar-refractivity contribution in [3.63, 3.8) is 0 Å². The minimum atomic E-state index is -4.94. The first-order valence-corrected chi connectivity index (χ1v) is 47.5. The number of allylic oxidation sites excluding steroid dienone is 22. The van der Waals surface area contributed by atoms with Gasteiger partial charge < -0.3 is 34.2 Å². The second-order valence-electron chi connectivity index (χ2n) is 29.7. The first kappa shape index (κ1) is 107. The number of aliphatic hydroxyl groups excluding tert-OH is 2. The molecule has 0 spiro atoms. The maximum Gasteiger partial charge on any atom is 0.472 e. The van der Waals surface area contributed by atoms with Crippen molar-refractivity contribution in [2.45, 2.75) is 399 Å². The largest absolute Gasteiger partial charge is 0.472 e. The first-order valence-electron chi connectivity index (χ1n) is 44.5. The molecule has 5 atom stereocenters. The number of aliphatic hydroxyl groups is 2. The van der Waals surface area contributed by atoms with E-state index in [0.717, 1.165) is 154 Å². The average Bonchev–Trinajstić information content (AvgIpc) is 0.904. The van der Waals surface area contributed by atoms with Gasteiger partial charge in [-0.05, 0) is 141 Å². The molecule has 0 saturated heterocycles. The Morgan fingerprint density at radius 2 is 0.477 bits per heavy atom. The molecule has 18 heteroatoms. The van der Waals surface area contributed by atoms with Crippen LogP contribution >= 0.6 is 15.6 Å². The molecule has 0 heterocycles. The summed E-state index contributed by atoms with van der Waals surface area (Å²) in [6.45, 7) is 2.55. The number of phosphoric ester groups is 2. The average molecular weight is 1600 g/mol. The third-order valence-corrected chi connectivity index (χ3v) is 20.7. The predicted octanol–water partition coefficient (Wildman–Crippen LogP) is 27.0. The van der Waals surface area contributed by atoms with Gasteiger partial charge in [-0.3, -0.25) is 32.5 Å². The van der Waals surface area contributed by atoms with E-state index in [2.05, 4.69) is 154 Å². The molecule has 0 radical (unpaired) electrons. The Morgan fingerprint density at radius 3 is 0.784 bits per heavy atom. The molecule has 0 aliphatic carbocycles. The summed E-state index contributed by atoms with van der Waals surface area (Å²) in [5.74, 6) is -1.59. The summed E-state index contributed by atoms with van der Waals surface area (Å²) < 4.78 is 61.3. The molecule has 111 heavy (non-hydrogen) atoms. The van der Waals surface area contributed by atoms with E-state index in [1.54, 1.807) is 0 Å². The lowest BCUT2D eigenvalue weighted by atomic mass is 10.0. The number of hydrogen-bond donors (Lipinski definition) is 4. The van der Waals surface area contributed by atoms with Crippen LogP contribution in [0.5, 0.6) is 0 Å². The van der Waals surface area contributed by atoms with E-state index in [4.69, 9.17) is 32.3 Å². The van der Waals surface area contributed by atoms with Gasteiger partial charge in [-0.15, -0.1) is 0 Å². The highest BCUT2D eigenvalue weighted by Crippen LogP contribution is 2.45. The Hall–Kier alpha value is -4.31. The van der Waals surface area contributed by atoms with Crippen molar-refractivity contribution in [3.05, 3.63) is 134 Å². The van der Waals surface area contributed by atoms with Crippen molar-refractivity contribution >= 4 is 33.6 Å². The Bertz CT molecular complexity index is 2550. The Morgan fingerprint density at radius 1 is 0.261 bits per heavy atom. The molecule has 0 saturated carbocycles. The van der Waals surface area contributed by atoms with Gasteiger partial charge in [0.1, 0.15) is 25.4 Å². The number of esters is 3. The summed E-state index contributed by atoms with van der Waals surface area (Å²) in [4.78, 5) is 58.8. The highest BCUT2D eigenvalue weighted by molar-refractivity contribution is 7.47. The Kier molecular flexibility index (Phi) is 81.8. The van der Waals surface area contributed by atoms with Gasteiger partial charge in [0.05, 0.1) is 26.4 Å². The van der Waals surface area contributed by atoms with E-state index in [1.165, 1.54) is 167 Å². The molecular weight excluding hydrogens is 1430 g/mol. The van der Waals surface area contributed by atoms with Gasteiger partial charge in [-0.25, -0.2) is 9.13 Å². The van der Waals surface area contributed by atoms with Crippen LogP contribution in [0.3, 0.4) is 0 Å². The lowest BCUT2D eigenvalue weighted by Gasteiger charge is -2.21. The highest BCUT2D eigenvalue weighted by Gasteiger charge is 2.29. The van der Waals surface area contributed by atoms with Crippen LogP contribution in [-0.4, -0.2) is 95.9 Å². The van der Waals surface area contributed by atoms with Gasteiger partial charge >= 0.3 is 33.6 Å². The zero-order chi connectivity index (χ0) is 80.8. The van der Waals surface area contributed by atoms with Gasteiger partial charge in [0.2, 0.25) is 0 Å². The van der Waals surface area contributed by atoms with Crippen LogP contribution in [0.4, 0.5) is 0 Å². The van der Waals surface area contributed by atoms with Gasteiger partial charge in [-0.1, -0.05) is 353 Å². The standard InChI is InChI=1S/C93H162O16P2/c1-4-7-10-13-16-19-22-25-28-30-32-34-36-38-39-40-41-42-43-44-45-46-47-49-51-52-54-56-59-61-64-67-70-73-76-79-91(96)103-82-88(94)83-105-110(99,100)106-84-89(95)85-107-111(101,102)108-87-90(109-93(98)81-78-75-72-69-66-63-58-27-24-21-18-15-12-9-6-3)86-104-92(97)80-77-74-71-68-65-62-60-57-55-53-50-48-37-35-33-31-29-26-23-20-17-14-11-8-5-2/h8,11,16-17,19-20,25-29,32-35,38-39,48,50,55,57-58,88-90,94-95H,4-7,9-10,12-15,18,21-24,30-31,36-37,40-47,49,51-54,56,59-87H2,1-3H3,(H,99,100)(H,101,102)/b11-8-,19-16-,20-17-,28-25-,29-26-,34-32-,35-33-,39-38-,50-48-,57-55-,58-27-. The van der Waals surface area contributed by atoms with Crippen LogP contribution in [0.2, 0.25) is 0 Å². The van der Waals surface area contributed by atoms with E-state index in [1.807, 2.05) is 0 Å². The smallest absolute Gasteiger partial charge is 0.463 e. The summed E-state index contributed by atoms with van der Waals surface area (Å²) in [7, 11) is -9.80. The Labute approximate surface area is 677 Å². The molecular formula is C93H162O16P2. The topological polar surface area (TPSA) is 231 Å². The van der Waals surface area contributed by atoms with Gasteiger partial charge in [0.25, 0.3) is 0 Å². The normalized spacial score (nSPS) is 14.5. The van der Waals surface area contributed by atoms with Crippen LogP contribution in [0.25, 0.3) is 0 Å². The van der Waals surface area contributed by atoms with E-state index in [-0.39, 0.29) is 19.3 Å². The maximum absolute atomic E-state index is 13.0. The molecule has 0 amide bonds. The maximum atomic E-state index is 13.0. The molecule has 16 nitrogen and oxygen atoms in total. The van der Waals surface area contributed by atoms with Crippen molar-refractivity contribution in [1.82, 2.24) is 0 Å². The van der Waals surface area contributed by atoms with Gasteiger partial charge in [0.15, 0.2) is 6.10 Å². The summed E-state index contributed by atoms with van der Waals surface area (Å²) in [6, 6.07) is 0. The summed E-state index contributed by atoms with van der Waals surface area (Å²) >= 11 is 0. The third-order valence-electron chi connectivity index (χ3n) is 18.8.